The van der Waals surface area contributed by atoms with Gasteiger partial charge in [-0.1, -0.05) is 49.4 Å². The maximum Gasteiger partial charge on any atom is 0.307 e. The van der Waals surface area contributed by atoms with E-state index in [9.17, 15) is 18.3 Å². The molecule has 0 aliphatic heterocycles. The number of para-hydroxylation sites is 1. The summed E-state index contributed by atoms with van der Waals surface area (Å²) in [6.45, 7) is 1.53. The second kappa shape index (κ2) is 7.57. The highest BCUT2D eigenvalue weighted by atomic mass is 32.2. The molecule has 2 rings (SSSR count). The van der Waals surface area contributed by atoms with Crippen molar-refractivity contribution in [3.8, 4) is 0 Å². The molecule has 26 heavy (non-hydrogen) atoms. The van der Waals surface area contributed by atoms with Crippen LogP contribution in [0.25, 0.3) is 0 Å². The van der Waals surface area contributed by atoms with Gasteiger partial charge in [-0.2, -0.15) is 0 Å². The normalized spacial score (nSPS) is 13.6. The average molecular weight is 375 g/mol. The predicted molar refractivity (Wildman–Crippen MR) is 102 cm³/mol. The molecule has 8 heteroatoms. The van der Waals surface area contributed by atoms with Gasteiger partial charge in [0.2, 0.25) is 10.0 Å². The minimum absolute atomic E-state index is 0.0146. The van der Waals surface area contributed by atoms with Crippen LogP contribution in [-0.2, 0) is 14.8 Å². The predicted octanol–water partition coefficient (Wildman–Crippen LogP) is 2.51. The molecule has 0 aliphatic rings. The first-order valence-corrected chi connectivity index (χ1v) is 9.73. The number of anilines is 2. The number of nitrogens with two attached hydrogens (primary N) is 1. The third kappa shape index (κ3) is 4.40. The summed E-state index contributed by atoms with van der Waals surface area (Å²) in [7, 11) is -3.54. The molecule has 138 valence electrons. The fourth-order valence-corrected chi connectivity index (χ4v) is 3.34. The van der Waals surface area contributed by atoms with E-state index in [2.05, 4.69) is 4.72 Å². The number of nitrogen functional groups attached to an aromatic ring is 1. The number of rotatable bonds is 7. The van der Waals surface area contributed by atoms with Gasteiger partial charge in [0.15, 0.2) is 0 Å². The van der Waals surface area contributed by atoms with E-state index in [1.807, 2.05) is 0 Å². The molecule has 0 heterocycles. The summed E-state index contributed by atoms with van der Waals surface area (Å²) in [6, 6.07) is 13.5. The molecule has 0 radical (unpaired) electrons. The van der Waals surface area contributed by atoms with Gasteiger partial charge >= 0.3 is 5.97 Å². The Morgan fingerprint density at radius 2 is 1.77 bits per heavy atom. The van der Waals surface area contributed by atoms with Crippen molar-refractivity contribution in [1.29, 1.82) is 5.41 Å². The van der Waals surface area contributed by atoms with E-state index < -0.39 is 27.8 Å². The molecular weight excluding hydrogens is 354 g/mol. The van der Waals surface area contributed by atoms with Crippen LogP contribution in [0.1, 0.15) is 24.0 Å². The molecule has 7 nitrogen and oxygen atoms in total. The van der Waals surface area contributed by atoms with Gasteiger partial charge in [-0.3, -0.25) is 9.52 Å². The minimum Gasteiger partial charge on any atom is -0.481 e. The first kappa shape index (κ1) is 19.5. The van der Waals surface area contributed by atoms with Crippen molar-refractivity contribution < 1.29 is 18.3 Å². The number of benzene rings is 2. The lowest BCUT2D eigenvalue weighted by atomic mass is 9.80. The summed E-state index contributed by atoms with van der Waals surface area (Å²) in [5.41, 5.74) is 7.29. The Bertz CT molecular complexity index is 927. The van der Waals surface area contributed by atoms with E-state index in [1.54, 1.807) is 42.5 Å². The summed E-state index contributed by atoms with van der Waals surface area (Å²) in [5, 5.41) is 18.1. The smallest absolute Gasteiger partial charge is 0.307 e. The van der Waals surface area contributed by atoms with Gasteiger partial charge < -0.3 is 16.2 Å². The van der Waals surface area contributed by atoms with Crippen molar-refractivity contribution >= 4 is 33.1 Å². The van der Waals surface area contributed by atoms with E-state index in [4.69, 9.17) is 11.1 Å². The fourth-order valence-electron chi connectivity index (χ4n) is 2.76. The molecule has 2 atom stereocenters. The lowest BCUT2D eigenvalue weighted by Crippen LogP contribution is -2.27. The Morgan fingerprint density at radius 1 is 1.15 bits per heavy atom. The van der Waals surface area contributed by atoms with Crippen LogP contribution < -0.4 is 10.5 Å². The molecule has 2 aromatic carbocycles. The monoisotopic (exact) mass is 375 g/mol. The van der Waals surface area contributed by atoms with Gasteiger partial charge in [-0.05, 0) is 11.6 Å². The summed E-state index contributed by atoms with van der Waals surface area (Å²) >= 11 is 0. The van der Waals surface area contributed by atoms with Crippen molar-refractivity contribution in [3.63, 3.8) is 0 Å². The first-order valence-electron chi connectivity index (χ1n) is 7.84. The summed E-state index contributed by atoms with van der Waals surface area (Å²) in [6.07, 6.45) is 1.00. The number of carboxylic acids is 1. The minimum atomic E-state index is -3.54. The van der Waals surface area contributed by atoms with Crippen LogP contribution in [0.3, 0.4) is 0 Å². The highest BCUT2D eigenvalue weighted by Crippen LogP contribution is 2.33. The average Bonchev–Trinajstić information content (AvgIpc) is 2.56. The molecule has 0 spiro atoms. The van der Waals surface area contributed by atoms with Crippen LogP contribution in [-0.4, -0.2) is 31.5 Å². The molecule has 0 aliphatic carbocycles. The van der Waals surface area contributed by atoms with Crippen molar-refractivity contribution in [3.05, 3.63) is 59.7 Å². The maximum absolute atomic E-state index is 11.6. The molecule has 0 fully saturated rings. The Labute approximate surface area is 152 Å². The van der Waals surface area contributed by atoms with E-state index >= 15 is 0 Å². The molecule has 0 saturated carbocycles. The molecule has 0 saturated heterocycles. The Hall–Kier alpha value is -2.87. The quantitative estimate of drug-likeness (QED) is 0.436. The van der Waals surface area contributed by atoms with Crippen LogP contribution in [0.15, 0.2) is 48.5 Å². The van der Waals surface area contributed by atoms with Crippen LogP contribution in [0.4, 0.5) is 11.4 Å². The SMILES string of the molecule is CC(C(=O)O)C(C(=N)c1cccc(NS(C)(=O)=O)c1N)c1ccccc1. The number of carbonyl (C=O) groups is 1. The van der Waals surface area contributed by atoms with Crippen LogP contribution in [0.2, 0.25) is 0 Å². The third-order valence-electron chi connectivity index (χ3n) is 4.05. The second-order valence-corrected chi connectivity index (χ2v) is 7.82. The largest absolute Gasteiger partial charge is 0.481 e. The van der Waals surface area contributed by atoms with E-state index in [1.165, 1.54) is 13.0 Å². The van der Waals surface area contributed by atoms with E-state index in [-0.39, 0.29) is 17.1 Å². The molecular formula is C18H21N3O4S. The second-order valence-electron chi connectivity index (χ2n) is 6.07. The number of aliphatic carboxylic acids is 1. The Kier molecular flexibility index (Phi) is 5.66. The molecule has 0 bridgehead atoms. The molecule has 0 aromatic heterocycles. The number of hydrogen-bond acceptors (Lipinski definition) is 5. The van der Waals surface area contributed by atoms with Crippen LogP contribution >= 0.6 is 0 Å². The summed E-state index contributed by atoms with van der Waals surface area (Å²) in [5.74, 6) is -2.63. The van der Waals surface area contributed by atoms with Crippen molar-refractivity contribution in [1.82, 2.24) is 0 Å². The standard InChI is InChI=1S/C18H21N3O4S/c1-11(18(22)23)15(12-7-4-3-5-8-12)17(20)13-9-6-10-14(16(13)19)21-26(2,24)25/h3-11,15,20-21H,19H2,1-2H3,(H,22,23). The van der Waals surface area contributed by atoms with Crippen molar-refractivity contribution in [2.24, 2.45) is 5.92 Å². The van der Waals surface area contributed by atoms with Gasteiger partial charge in [0.1, 0.15) is 0 Å². The van der Waals surface area contributed by atoms with Gasteiger partial charge in [0, 0.05) is 17.2 Å². The molecule has 5 N–H and O–H groups in total. The Morgan fingerprint density at radius 3 is 2.31 bits per heavy atom. The zero-order valence-electron chi connectivity index (χ0n) is 14.4. The van der Waals surface area contributed by atoms with Gasteiger partial charge in [-0.15, -0.1) is 0 Å². The lowest BCUT2D eigenvalue weighted by molar-refractivity contribution is -0.141. The molecule has 2 unspecified atom stereocenters. The highest BCUT2D eigenvalue weighted by Gasteiger charge is 2.30. The number of sulfonamides is 1. The molecule has 2 aromatic rings. The van der Waals surface area contributed by atoms with Crippen LogP contribution in [0.5, 0.6) is 0 Å². The zero-order chi connectivity index (χ0) is 19.5. The van der Waals surface area contributed by atoms with E-state index in [0.29, 0.717) is 11.1 Å². The lowest BCUT2D eigenvalue weighted by Gasteiger charge is -2.24. The fraction of sp³-hybridized carbons (Fsp3) is 0.222. The molecule has 0 amide bonds. The summed E-state index contributed by atoms with van der Waals surface area (Å²) in [4.78, 5) is 11.6. The van der Waals surface area contributed by atoms with Gasteiger partial charge in [-0.25, -0.2) is 8.42 Å². The van der Waals surface area contributed by atoms with Crippen LogP contribution in [0, 0.1) is 11.3 Å². The first-order chi connectivity index (χ1) is 12.1. The Balaban J connectivity index is 2.53. The highest BCUT2D eigenvalue weighted by molar-refractivity contribution is 7.92. The van der Waals surface area contributed by atoms with Crippen molar-refractivity contribution in [2.45, 2.75) is 12.8 Å². The number of nitrogens with one attached hydrogen (secondary N) is 2. The van der Waals surface area contributed by atoms with Gasteiger partial charge in [0.25, 0.3) is 0 Å². The zero-order valence-corrected chi connectivity index (χ0v) is 15.2. The number of hydrogen-bond donors (Lipinski definition) is 4. The topological polar surface area (TPSA) is 133 Å². The maximum atomic E-state index is 11.6. The number of carboxylic acid groups (broad SMARTS) is 1. The third-order valence-corrected chi connectivity index (χ3v) is 4.64. The summed E-state index contributed by atoms with van der Waals surface area (Å²) < 4.78 is 25.3. The van der Waals surface area contributed by atoms with Crippen molar-refractivity contribution in [2.75, 3.05) is 16.7 Å². The van der Waals surface area contributed by atoms with E-state index in [0.717, 1.165) is 6.26 Å². The van der Waals surface area contributed by atoms with Gasteiger partial charge in [0.05, 0.1) is 23.5 Å².